The summed E-state index contributed by atoms with van der Waals surface area (Å²) in [5.41, 5.74) is 4.26. The van der Waals surface area contributed by atoms with Crippen LogP contribution in [-0.4, -0.2) is 65.1 Å². The number of carbonyl (C=O) groups excluding carboxylic acids is 2. The van der Waals surface area contributed by atoms with Crippen molar-refractivity contribution in [1.82, 2.24) is 19.9 Å². The smallest absolute Gasteiger partial charge is 0.337 e. The van der Waals surface area contributed by atoms with Gasteiger partial charge in [0.15, 0.2) is 5.69 Å². The number of amides is 1. The van der Waals surface area contributed by atoms with Crippen molar-refractivity contribution in [2.75, 3.05) is 32.6 Å². The van der Waals surface area contributed by atoms with Crippen LogP contribution in [0.1, 0.15) is 39.3 Å². The summed E-state index contributed by atoms with van der Waals surface area (Å²) in [7, 11) is 3.49. The number of anilines is 1. The monoisotopic (exact) mass is 525 g/mol. The molecule has 5 rings (SSSR count). The van der Waals surface area contributed by atoms with E-state index in [2.05, 4.69) is 39.7 Å². The SMILES string of the molecule is COC(=O)c1cccc(Cn2cc(C(=O)Nc3ccc(-c4ccc(OC5CCN(C)CC5)cc4)cc3)nn2)c1. The van der Waals surface area contributed by atoms with Crippen molar-refractivity contribution in [3.05, 3.63) is 95.8 Å². The molecule has 1 fully saturated rings. The molecule has 0 spiro atoms. The zero-order valence-corrected chi connectivity index (χ0v) is 22.0. The molecule has 1 amide bonds. The van der Waals surface area contributed by atoms with E-state index in [9.17, 15) is 9.59 Å². The fourth-order valence-corrected chi connectivity index (χ4v) is 4.54. The normalized spacial score (nSPS) is 14.1. The molecule has 1 aliphatic rings. The fraction of sp³-hybridized carbons (Fsp3) is 0.267. The number of piperidine rings is 1. The first-order valence-corrected chi connectivity index (χ1v) is 12.9. The van der Waals surface area contributed by atoms with E-state index in [4.69, 9.17) is 9.47 Å². The maximum absolute atomic E-state index is 12.7. The number of esters is 1. The van der Waals surface area contributed by atoms with Crippen molar-refractivity contribution in [3.63, 3.8) is 0 Å². The Kier molecular flexibility index (Phi) is 7.98. The molecule has 1 N–H and O–H groups in total. The third-order valence-electron chi connectivity index (χ3n) is 6.76. The number of aromatic nitrogens is 3. The predicted molar refractivity (Wildman–Crippen MR) is 148 cm³/mol. The largest absolute Gasteiger partial charge is 0.490 e. The number of nitrogens with one attached hydrogen (secondary N) is 1. The van der Waals surface area contributed by atoms with Crippen LogP contribution in [0.2, 0.25) is 0 Å². The number of nitrogens with zero attached hydrogens (tertiary/aromatic N) is 4. The highest BCUT2D eigenvalue weighted by molar-refractivity contribution is 6.02. The molecule has 0 atom stereocenters. The van der Waals surface area contributed by atoms with E-state index in [0.29, 0.717) is 17.8 Å². The molecular formula is C30H31N5O4. The summed E-state index contributed by atoms with van der Waals surface area (Å²) >= 11 is 0. The van der Waals surface area contributed by atoms with Gasteiger partial charge in [-0.15, -0.1) is 5.10 Å². The molecule has 9 heteroatoms. The number of benzene rings is 3. The van der Waals surface area contributed by atoms with Crippen molar-refractivity contribution in [3.8, 4) is 16.9 Å². The minimum atomic E-state index is -0.407. The summed E-state index contributed by atoms with van der Waals surface area (Å²) in [5.74, 6) is 0.129. The summed E-state index contributed by atoms with van der Waals surface area (Å²) in [4.78, 5) is 26.8. The topological polar surface area (TPSA) is 98.6 Å². The van der Waals surface area contributed by atoms with Gasteiger partial charge in [-0.25, -0.2) is 9.48 Å². The Balaban J connectivity index is 1.16. The number of carbonyl (C=O) groups is 2. The molecule has 4 aromatic rings. The first-order valence-electron chi connectivity index (χ1n) is 12.9. The van der Waals surface area contributed by atoms with Gasteiger partial charge < -0.3 is 19.7 Å². The van der Waals surface area contributed by atoms with Crippen LogP contribution in [0.4, 0.5) is 5.69 Å². The quantitative estimate of drug-likeness (QED) is 0.338. The number of hydrogen-bond donors (Lipinski definition) is 1. The van der Waals surface area contributed by atoms with E-state index in [-0.39, 0.29) is 17.7 Å². The molecule has 0 unspecified atom stereocenters. The average Bonchev–Trinajstić information content (AvgIpc) is 3.43. The first-order chi connectivity index (χ1) is 19.0. The van der Waals surface area contributed by atoms with Gasteiger partial charge in [-0.3, -0.25) is 4.79 Å². The third kappa shape index (κ3) is 6.69. The minimum absolute atomic E-state index is 0.198. The molecule has 1 aromatic heterocycles. The highest BCUT2D eigenvalue weighted by Gasteiger charge is 2.18. The van der Waals surface area contributed by atoms with Gasteiger partial charge in [-0.1, -0.05) is 41.6 Å². The summed E-state index contributed by atoms with van der Waals surface area (Å²) in [6, 6.07) is 22.8. The lowest BCUT2D eigenvalue weighted by Crippen LogP contribution is -2.35. The third-order valence-corrected chi connectivity index (χ3v) is 6.76. The maximum atomic E-state index is 12.7. The number of rotatable bonds is 8. The molecule has 2 heterocycles. The Bertz CT molecular complexity index is 1420. The summed E-state index contributed by atoms with van der Waals surface area (Å²) in [5, 5.41) is 10.9. The number of likely N-dealkylation sites (tertiary alicyclic amines) is 1. The highest BCUT2D eigenvalue weighted by atomic mass is 16.5. The van der Waals surface area contributed by atoms with Crippen molar-refractivity contribution >= 4 is 17.6 Å². The van der Waals surface area contributed by atoms with Crippen LogP contribution in [0.15, 0.2) is 79.0 Å². The van der Waals surface area contributed by atoms with E-state index < -0.39 is 5.97 Å². The fourth-order valence-electron chi connectivity index (χ4n) is 4.54. The van der Waals surface area contributed by atoms with Gasteiger partial charge in [0.05, 0.1) is 25.4 Å². The van der Waals surface area contributed by atoms with Crippen LogP contribution in [-0.2, 0) is 11.3 Å². The van der Waals surface area contributed by atoms with Crippen LogP contribution in [0.25, 0.3) is 11.1 Å². The summed E-state index contributed by atoms with van der Waals surface area (Å²) in [6.07, 6.45) is 3.94. The molecule has 0 saturated carbocycles. The second-order valence-corrected chi connectivity index (χ2v) is 9.67. The van der Waals surface area contributed by atoms with E-state index in [1.165, 1.54) is 7.11 Å². The Morgan fingerprint density at radius 3 is 2.36 bits per heavy atom. The van der Waals surface area contributed by atoms with Crippen LogP contribution in [0.5, 0.6) is 5.75 Å². The standard InChI is InChI=1S/C30H31N5O4/c1-34-16-14-27(15-17-34)39-26-12-8-23(9-13-26)22-6-10-25(11-7-22)31-29(36)28-20-35(33-32-28)19-21-4-3-5-24(18-21)30(37)38-2/h3-13,18,20,27H,14-17,19H2,1-2H3,(H,31,36). The van der Waals surface area contributed by atoms with E-state index >= 15 is 0 Å². The molecule has 3 aromatic carbocycles. The molecular weight excluding hydrogens is 494 g/mol. The van der Waals surface area contributed by atoms with E-state index in [0.717, 1.165) is 48.4 Å². The Labute approximate surface area is 227 Å². The van der Waals surface area contributed by atoms with Crippen molar-refractivity contribution in [2.45, 2.75) is 25.5 Å². The van der Waals surface area contributed by atoms with Gasteiger partial charge in [-0.05, 0) is 73.0 Å². The number of methoxy groups -OCH3 is 1. The second-order valence-electron chi connectivity index (χ2n) is 9.67. The molecule has 0 aliphatic carbocycles. The van der Waals surface area contributed by atoms with Crippen LogP contribution in [0, 0.1) is 0 Å². The van der Waals surface area contributed by atoms with Gasteiger partial charge in [0.25, 0.3) is 5.91 Å². The van der Waals surface area contributed by atoms with E-state index in [1.54, 1.807) is 29.1 Å². The Morgan fingerprint density at radius 2 is 1.67 bits per heavy atom. The summed E-state index contributed by atoms with van der Waals surface area (Å²) in [6.45, 7) is 2.50. The Hall–Kier alpha value is -4.50. The van der Waals surface area contributed by atoms with Crippen LogP contribution in [0.3, 0.4) is 0 Å². The highest BCUT2D eigenvalue weighted by Crippen LogP contribution is 2.26. The van der Waals surface area contributed by atoms with Crippen molar-refractivity contribution in [2.24, 2.45) is 0 Å². The van der Waals surface area contributed by atoms with E-state index in [1.807, 2.05) is 42.5 Å². The van der Waals surface area contributed by atoms with Crippen LogP contribution >= 0.6 is 0 Å². The Morgan fingerprint density at radius 1 is 0.974 bits per heavy atom. The molecule has 1 saturated heterocycles. The molecule has 9 nitrogen and oxygen atoms in total. The molecule has 0 radical (unpaired) electrons. The lowest BCUT2D eigenvalue weighted by molar-refractivity contribution is 0.0600. The molecule has 39 heavy (non-hydrogen) atoms. The maximum Gasteiger partial charge on any atom is 0.337 e. The van der Waals surface area contributed by atoms with Gasteiger partial charge in [0.2, 0.25) is 0 Å². The number of hydrogen-bond acceptors (Lipinski definition) is 7. The lowest BCUT2D eigenvalue weighted by Gasteiger charge is -2.29. The van der Waals surface area contributed by atoms with Gasteiger partial charge in [-0.2, -0.15) is 0 Å². The first kappa shape index (κ1) is 26.1. The van der Waals surface area contributed by atoms with Crippen molar-refractivity contribution in [1.29, 1.82) is 0 Å². The lowest BCUT2D eigenvalue weighted by atomic mass is 10.0. The number of ether oxygens (including phenoxy) is 2. The van der Waals surface area contributed by atoms with Crippen LogP contribution < -0.4 is 10.1 Å². The second kappa shape index (κ2) is 11.9. The molecule has 1 aliphatic heterocycles. The van der Waals surface area contributed by atoms with Gasteiger partial charge in [0.1, 0.15) is 11.9 Å². The summed E-state index contributed by atoms with van der Waals surface area (Å²) < 4.78 is 12.5. The average molecular weight is 526 g/mol. The minimum Gasteiger partial charge on any atom is -0.490 e. The predicted octanol–water partition coefficient (Wildman–Crippen LogP) is 4.51. The molecule has 0 bridgehead atoms. The zero-order chi connectivity index (χ0) is 27.2. The van der Waals surface area contributed by atoms with Gasteiger partial charge in [0, 0.05) is 18.8 Å². The zero-order valence-electron chi connectivity index (χ0n) is 22.0. The van der Waals surface area contributed by atoms with Gasteiger partial charge >= 0.3 is 5.97 Å². The molecule has 200 valence electrons. The van der Waals surface area contributed by atoms with Crippen molar-refractivity contribution < 1.29 is 19.1 Å².